The number of thioether (sulfide) groups is 1. The van der Waals surface area contributed by atoms with Crippen LogP contribution in [0.25, 0.3) is 10.9 Å². The Balaban J connectivity index is 0.00000261. The smallest absolute Gasteiger partial charge is 0.224 e. The molecular weight excluding hydrogens is 405 g/mol. The maximum Gasteiger partial charge on any atom is 0.224 e. The molecule has 0 spiro atoms. The molecule has 0 saturated heterocycles. The van der Waals surface area contributed by atoms with Crippen LogP contribution >= 0.6 is 35.0 Å². The van der Waals surface area contributed by atoms with E-state index in [4.69, 9.17) is 34.4 Å². The Hall–Kier alpha value is -2.01. The summed E-state index contributed by atoms with van der Waals surface area (Å²) < 4.78 is 5.08. The number of halogens is 2. The molecule has 0 bridgehead atoms. The first-order chi connectivity index (χ1) is 12.6. The lowest BCUT2D eigenvalue weighted by Crippen LogP contribution is -1.98. The zero-order valence-corrected chi connectivity index (χ0v) is 16.8. The van der Waals surface area contributed by atoms with E-state index in [-0.39, 0.29) is 10.8 Å². The molecule has 2 aromatic carbocycles. The van der Waals surface area contributed by atoms with Crippen LogP contribution in [0.4, 0.5) is 11.5 Å². The van der Waals surface area contributed by atoms with E-state index in [1.165, 1.54) is 0 Å². The second-order valence-electron chi connectivity index (χ2n) is 5.33. The van der Waals surface area contributed by atoms with Crippen LogP contribution in [0.15, 0.2) is 41.3 Å². The number of nitrogens with zero attached hydrogens (tertiary/aromatic N) is 2. The number of aromatic nitrogens is 2. The van der Waals surface area contributed by atoms with Crippen LogP contribution in [-0.4, -0.2) is 34.9 Å². The van der Waals surface area contributed by atoms with Crippen LogP contribution in [0, 0.1) is 12.3 Å². The second kappa shape index (κ2) is 9.79. The molecule has 1 aromatic heterocycles. The van der Waals surface area contributed by atoms with Gasteiger partial charge in [0.1, 0.15) is 5.82 Å². The van der Waals surface area contributed by atoms with Crippen molar-refractivity contribution in [2.24, 2.45) is 0 Å². The van der Waals surface area contributed by atoms with Gasteiger partial charge >= 0.3 is 0 Å². The molecule has 0 aliphatic heterocycles. The summed E-state index contributed by atoms with van der Waals surface area (Å²) >= 11 is 14.2. The minimum absolute atomic E-state index is 0. The molecule has 0 fully saturated rings. The summed E-state index contributed by atoms with van der Waals surface area (Å²) in [6.07, 6.45) is 5.46. The van der Waals surface area contributed by atoms with Gasteiger partial charge in [-0.1, -0.05) is 23.6 Å². The molecule has 5 nitrogen and oxygen atoms in total. The number of fused-ring (bicyclic) bond motifs is 1. The average Bonchev–Trinajstić information content (AvgIpc) is 2.63. The van der Waals surface area contributed by atoms with Crippen LogP contribution in [0.5, 0.6) is 0 Å². The fraction of sp³-hybridized carbons (Fsp3) is 0.158. The monoisotopic (exact) mass is 421 g/mol. The first-order valence-corrected chi connectivity index (χ1v) is 9.47. The summed E-state index contributed by atoms with van der Waals surface area (Å²) in [6, 6.07) is 11.2. The summed E-state index contributed by atoms with van der Waals surface area (Å²) in [5.41, 5.74) is 2.30. The Kier molecular flexibility index (Phi) is 7.72. The molecule has 0 radical (unpaired) electrons. The summed E-state index contributed by atoms with van der Waals surface area (Å²) in [7, 11) is 1.67. The van der Waals surface area contributed by atoms with E-state index in [2.05, 4.69) is 21.2 Å². The third-order valence-electron chi connectivity index (χ3n) is 3.56. The van der Waals surface area contributed by atoms with Crippen molar-refractivity contribution in [3.8, 4) is 12.3 Å². The maximum atomic E-state index is 6.44. The molecule has 0 atom stereocenters. The van der Waals surface area contributed by atoms with Crippen molar-refractivity contribution >= 4 is 57.4 Å². The SMILES string of the molecule is C#Cc1cccc(Nc2nc(Cl)nc3cc(SCCOC)c(Cl)cc23)c1.O. The van der Waals surface area contributed by atoms with Gasteiger partial charge in [0, 0.05) is 34.4 Å². The Morgan fingerprint density at radius 2 is 2.04 bits per heavy atom. The lowest BCUT2D eigenvalue weighted by atomic mass is 10.2. The minimum atomic E-state index is 0. The van der Waals surface area contributed by atoms with Crippen molar-refractivity contribution in [1.29, 1.82) is 0 Å². The van der Waals surface area contributed by atoms with Gasteiger partial charge in [-0.2, -0.15) is 4.98 Å². The van der Waals surface area contributed by atoms with E-state index in [0.717, 1.165) is 27.3 Å². The van der Waals surface area contributed by atoms with E-state index in [9.17, 15) is 0 Å². The molecule has 3 rings (SSSR count). The van der Waals surface area contributed by atoms with Gasteiger partial charge in [0.05, 0.1) is 17.1 Å². The van der Waals surface area contributed by atoms with Crippen molar-refractivity contribution in [3.63, 3.8) is 0 Å². The van der Waals surface area contributed by atoms with Crippen molar-refractivity contribution in [2.45, 2.75) is 4.90 Å². The molecule has 1 heterocycles. The highest BCUT2D eigenvalue weighted by Gasteiger charge is 2.12. The zero-order valence-electron chi connectivity index (χ0n) is 14.4. The largest absolute Gasteiger partial charge is 0.412 e. The van der Waals surface area contributed by atoms with Crippen molar-refractivity contribution in [3.05, 3.63) is 52.3 Å². The van der Waals surface area contributed by atoms with Crippen molar-refractivity contribution in [1.82, 2.24) is 9.97 Å². The summed E-state index contributed by atoms with van der Waals surface area (Å²) in [6.45, 7) is 0.641. The van der Waals surface area contributed by atoms with Gasteiger partial charge in [-0.15, -0.1) is 18.2 Å². The minimum Gasteiger partial charge on any atom is -0.412 e. The predicted molar refractivity (Wildman–Crippen MR) is 113 cm³/mol. The van der Waals surface area contributed by atoms with Gasteiger partial charge in [0.2, 0.25) is 5.28 Å². The predicted octanol–water partition coefficient (Wildman–Crippen LogP) is 4.58. The topological polar surface area (TPSA) is 78.5 Å². The molecule has 140 valence electrons. The van der Waals surface area contributed by atoms with Gasteiger partial charge in [-0.3, -0.25) is 0 Å². The Labute approximate surface area is 171 Å². The van der Waals surface area contributed by atoms with E-state index in [0.29, 0.717) is 23.0 Å². The molecule has 3 N–H and O–H groups in total. The number of benzene rings is 2. The Bertz CT molecular complexity index is 993. The molecule has 8 heteroatoms. The number of terminal acetylenes is 1. The molecule has 0 unspecified atom stereocenters. The van der Waals surface area contributed by atoms with Crippen molar-refractivity contribution in [2.75, 3.05) is 24.8 Å². The van der Waals surface area contributed by atoms with Gasteiger partial charge in [0.25, 0.3) is 0 Å². The van der Waals surface area contributed by atoms with Crippen molar-refractivity contribution < 1.29 is 10.2 Å². The van der Waals surface area contributed by atoms with Gasteiger partial charge in [0.15, 0.2) is 0 Å². The van der Waals surface area contributed by atoms with Gasteiger partial charge in [-0.25, -0.2) is 4.98 Å². The molecule has 0 saturated carbocycles. The van der Waals surface area contributed by atoms with Crippen LogP contribution < -0.4 is 5.32 Å². The molecule has 3 aromatic rings. The summed E-state index contributed by atoms with van der Waals surface area (Å²) in [5, 5.41) is 4.81. The van der Waals surface area contributed by atoms with E-state index < -0.39 is 0 Å². The highest BCUT2D eigenvalue weighted by molar-refractivity contribution is 7.99. The maximum absolute atomic E-state index is 6.44. The summed E-state index contributed by atoms with van der Waals surface area (Å²) in [4.78, 5) is 9.55. The van der Waals surface area contributed by atoms with Crippen LogP contribution in [0.1, 0.15) is 5.56 Å². The number of nitrogens with one attached hydrogen (secondary N) is 1. The Morgan fingerprint density at radius 3 is 2.78 bits per heavy atom. The van der Waals surface area contributed by atoms with E-state index in [1.54, 1.807) is 18.9 Å². The van der Waals surface area contributed by atoms with Gasteiger partial charge in [-0.05, 0) is 41.9 Å². The normalized spacial score (nSPS) is 10.3. The molecule has 0 aliphatic rings. The summed E-state index contributed by atoms with van der Waals surface area (Å²) in [5.74, 6) is 3.98. The third kappa shape index (κ3) is 5.25. The number of hydrogen-bond acceptors (Lipinski definition) is 5. The van der Waals surface area contributed by atoms with Crippen LogP contribution in [0.3, 0.4) is 0 Å². The lowest BCUT2D eigenvalue weighted by Gasteiger charge is -2.12. The first kappa shape index (κ1) is 21.3. The zero-order chi connectivity index (χ0) is 18.5. The average molecular weight is 422 g/mol. The van der Waals surface area contributed by atoms with Gasteiger partial charge < -0.3 is 15.5 Å². The van der Waals surface area contributed by atoms with E-state index in [1.807, 2.05) is 36.4 Å². The number of rotatable bonds is 6. The second-order valence-corrected chi connectivity index (χ2v) is 7.21. The first-order valence-electron chi connectivity index (χ1n) is 7.73. The molecule has 27 heavy (non-hydrogen) atoms. The Morgan fingerprint density at radius 1 is 1.22 bits per heavy atom. The lowest BCUT2D eigenvalue weighted by molar-refractivity contribution is 0.218. The number of methoxy groups -OCH3 is 1. The van der Waals surface area contributed by atoms with E-state index >= 15 is 0 Å². The van der Waals surface area contributed by atoms with Crippen LogP contribution in [-0.2, 0) is 4.74 Å². The standard InChI is InChI=1S/C19H15Cl2N3OS.H2O/c1-3-12-5-4-6-13(9-12)22-18-14-10-15(20)17(26-8-7-25-2)11-16(14)23-19(21)24-18;/h1,4-6,9-11H,7-8H2,2H3,(H,22,23,24);1H2. The molecule has 0 aliphatic carbocycles. The van der Waals surface area contributed by atoms with Crippen LogP contribution in [0.2, 0.25) is 10.3 Å². The number of ether oxygens (including phenoxy) is 1. The third-order valence-corrected chi connectivity index (χ3v) is 5.17. The number of hydrogen-bond donors (Lipinski definition) is 1. The molecule has 0 amide bonds. The fourth-order valence-corrected chi connectivity index (χ4v) is 3.73. The highest BCUT2D eigenvalue weighted by Crippen LogP contribution is 2.34. The number of anilines is 2. The highest BCUT2D eigenvalue weighted by atomic mass is 35.5. The fourth-order valence-electron chi connectivity index (χ4n) is 2.37. The molecular formula is C19H17Cl2N3O2S. The quantitative estimate of drug-likeness (QED) is 0.272.